The molecule has 0 aliphatic carbocycles. The number of fused-ring (bicyclic) bond motifs is 1. The van der Waals surface area contributed by atoms with Crippen LogP contribution >= 0.6 is 0 Å². The number of carbonyl (C=O) groups excluding carboxylic acids is 1. The molecule has 0 unspecified atom stereocenters. The summed E-state index contributed by atoms with van der Waals surface area (Å²) in [4.78, 5) is 21.3. The van der Waals surface area contributed by atoms with Crippen LogP contribution in [0, 0.1) is 13.8 Å². The van der Waals surface area contributed by atoms with Gasteiger partial charge in [-0.15, -0.1) is 0 Å². The maximum absolute atomic E-state index is 12.3. The zero-order valence-electron chi connectivity index (χ0n) is 14.0. The summed E-state index contributed by atoms with van der Waals surface area (Å²) in [6.45, 7) is 4.91. The molecule has 1 amide bonds. The molecule has 0 saturated carbocycles. The Labute approximate surface area is 140 Å². The molecule has 2 aromatic heterocycles. The van der Waals surface area contributed by atoms with Crippen LogP contribution in [0.5, 0.6) is 0 Å². The van der Waals surface area contributed by atoms with E-state index in [-0.39, 0.29) is 5.91 Å². The Morgan fingerprint density at radius 3 is 2.92 bits per heavy atom. The SMILES string of the molecule is COCCNC(=O)c1ccc(C)c(-n2c(C)nc3cccnc32)c1. The van der Waals surface area contributed by atoms with Crippen molar-refractivity contribution in [1.29, 1.82) is 0 Å². The number of rotatable bonds is 5. The van der Waals surface area contributed by atoms with E-state index in [1.807, 2.05) is 48.7 Å². The number of amides is 1. The topological polar surface area (TPSA) is 69.0 Å². The van der Waals surface area contributed by atoms with Crippen LogP contribution in [0.1, 0.15) is 21.7 Å². The van der Waals surface area contributed by atoms with E-state index in [2.05, 4.69) is 15.3 Å². The number of pyridine rings is 1. The smallest absolute Gasteiger partial charge is 0.251 e. The highest BCUT2D eigenvalue weighted by Crippen LogP contribution is 2.23. The van der Waals surface area contributed by atoms with E-state index in [9.17, 15) is 4.79 Å². The number of methoxy groups -OCH3 is 1. The van der Waals surface area contributed by atoms with Crippen molar-refractivity contribution in [3.63, 3.8) is 0 Å². The number of aryl methyl sites for hydroxylation is 2. The van der Waals surface area contributed by atoms with Gasteiger partial charge in [0, 0.05) is 25.4 Å². The second-order valence-electron chi connectivity index (χ2n) is 5.59. The third-order valence-electron chi connectivity index (χ3n) is 3.89. The van der Waals surface area contributed by atoms with Crippen molar-refractivity contribution < 1.29 is 9.53 Å². The molecule has 0 aliphatic rings. The third kappa shape index (κ3) is 3.00. The normalized spacial score (nSPS) is 11.0. The molecule has 0 aliphatic heterocycles. The van der Waals surface area contributed by atoms with Crippen LogP contribution in [-0.2, 0) is 4.74 Å². The van der Waals surface area contributed by atoms with Crippen LogP contribution in [-0.4, -0.2) is 40.7 Å². The molecule has 0 radical (unpaired) electrons. The minimum Gasteiger partial charge on any atom is -0.383 e. The van der Waals surface area contributed by atoms with E-state index in [1.165, 1.54) is 0 Å². The van der Waals surface area contributed by atoms with E-state index >= 15 is 0 Å². The summed E-state index contributed by atoms with van der Waals surface area (Å²) in [5.41, 5.74) is 4.19. The first kappa shape index (κ1) is 16.1. The Morgan fingerprint density at radius 1 is 1.29 bits per heavy atom. The summed E-state index contributed by atoms with van der Waals surface area (Å²) in [5.74, 6) is 0.715. The summed E-state index contributed by atoms with van der Waals surface area (Å²) in [6.07, 6.45) is 1.75. The summed E-state index contributed by atoms with van der Waals surface area (Å²) >= 11 is 0. The predicted molar refractivity (Wildman–Crippen MR) is 92.5 cm³/mol. The lowest BCUT2D eigenvalue weighted by Crippen LogP contribution is -2.27. The van der Waals surface area contributed by atoms with E-state index in [0.29, 0.717) is 18.7 Å². The van der Waals surface area contributed by atoms with E-state index in [4.69, 9.17) is 4.74 Å². The molecule has 3 rings (SSSR count). The number of benzene rings is 1. The number of carbonyl (C=O) groups is 1. The van der Waals surface area contributed by atoms with Crippen LogP contribution in [0.4, 0.5) is 0 Å². The average Bonchev–Trinajstić information content (AvgIpc) is 2.91. The van der Waals surface area contributed by atoms with Crippen LogP contribution < -0.4 is 5.32 Å². The lowest BCUT2D eigenvalue weighted by Gasteiger charge is -2.12. The first-order chi connectivity index (χ1) is 11.6. The van der Waals surface area contributed by atoms with Crippen LogP contribution in [0.3, 0.4) is 0 Å². The number of hydrogen-bond donors (Lipinski definition) is 1. The van der Waals surface area contributed by atoms with Gasteiger partial charge >= 0.3 is 0 Å². The van der Waals surface area contributed by atoms with Gasteiger partial charge in [0.25, 0.3) is 5.91 Å². The van der Waals surface area contributed by atoms with Crippen molar-refractivity contribution in [2.45, 2.75) is 13.8 Å². The maximum Gasteiger partial charge on any atom is 0.251 e. The third-order valence-corrected chi connectivity index (χ3v) is 3.89. The van der Waals surface area contributed by atoms with Crippen molar-refractivity contribution in [3.8, 4) is 5.69 Å². The molecule has 24 heavy (non-hydrogen) atoms. The largest absolute Gasteiger partial charge is 0.383 e. The van der Waals surface area contributed by atoms with Gasteiger partial charge in [-0.3, -0.25) is 9.36 Å². The van der Waals surface area contributed by atoms with Crippen molar-refractivity contribution in [3.05, 3.63) is 53.5 Å². The molecule has 1 aromatic carbocycles. The second-order valence-corrected chi connectivity index (χ2v) is 5.59. The summed E-state index contributed by atoms with van der Waals surface area (Å²) < 4.78 is 6.94. The van der Waals surface area contributed by atoms with Gasteiger partial charge in [-0.05, 0) is 43.7 Å². The fourth-order valence-corrected chi connectivity index (χ4v) is 2.67. The quantitative estimate of drug-likeness (QED) is 0.732. The Balaban J connectivity index is 2.03. The summed E-state index contributed by atoms with van der Waals surface area (Å²) in [7, 11) is 1.61. The molecule has 0 atom stereocenters. The number of nitrogens with one attached hydrogen (secondary N) is 1. The number of hydrogen-bond acceptors (Lipinski definition) is 4. The number of aromatic nitrogens is 3. The van der Waals surface area contributed by atoms with Gasteiger partial charge < -0.3 is 10.1 Å². The van der Waals surface area contributed by atoms with Gasteiger partial charge in [0.05, 0.1) is 12.3 Å². The molecule has 6 nitrogen and oxygen atoms in total. The minimum absolute atomic E-state index is 0.122. The summed E-state index contributed by atoms with van der Waals surface area (Å²) in [5, 5.41) is 2.84. The Hall–Kier alpha value is -2.73. The first-order valence-corrected chi connectivity index (χ1v) is 7.80. The highest BCUT2D eigenvalue weighted by atomic mass is 16.5. The molecule has 0 spiro atoms. The molecule has 0 saturated heterocycles. The lowest BCUT2D eigenvalue weighted by atomic mass is 10.1. The van der Waals surface area contributed by atoms with E-state index < -0.39 is 0 Å². The van der Waals surface area contributed by atoms with Crippen molar-refractivity contribution in [2.24, 2.45) is 0 Å². The zero-order valence-corrected chi connectivity index (χ0v) is 14.0. The molecule has 0 bridgehead atoms. The van der Waals surface area contributed by atoms with Crippen molar-refractivity contribution in [2.75, 3.05) is 20.3 Å². The second kappa shape index (κ2) is 6.80. The van der Waals surface area contributed by atoms with E-state index in [1.54, 1.807) is 13.3 Å². The molecule has 2 heterocycles. The maximum atomic E-state index is 12.3. The van der Waals surface area contributed by atoms with Gasteiger partial charge in [-0.2, -0.15) is 0 Å². The Morgan fingerprint density at radius 2 is 2.12 bits per heavy atom. The highest BCUT2D eigenvalue weighted by Gasteiger charge is 2.14. The summed E-state index contributed by atoms with van der Waals surface area (Å²) in [6, 6.07) is 9.44. The molecule has 124 valence electrons. The number of imidazole rings is 1. The molecule has 3 aromatic rings. The monoisotopic (exact) mass is 324 g/mol. The van der Waals surface area contributed by atoms with Crippen molar-refractivity contribution in [1.82, 2.24) is 19.9 Å². The number of ether oxygens (including phenoxy) is 1. The predicted octanol–water partition coefficient (Wildman–Crippen LogP) is 2.41. The van der Waals surface area contributed by atoms with Gasteiger partial charge in [-0.25, -0.2) is 9.97 Å². The first-order valence-electron chi connectivity index (χ1n) is 7.80. The average molecular weight is 324 g/mol. The van der Waals surface area contributed by atoms with Gasteiger partial charge in [0.2, 0.25) is 0 Å². The van der Waals surface area contributed by atoms with E-state index in [0.717, 1.165) is 28.2 Å². The fraction of sp³-hybridized carbons (Fsp3) is 0.278. The minimum atomic E-state index is -0.122. The highest BCUT2D eigenvalue weighted by molar-refractivity contribution is 5.95. The van der Waals surface area contributed by atoms with Crippen molar-refractivity contribution >= 4 is 17.1 Å². The van der Waals surface area contributed by atoms with Gasteiger partial charge in [0.1, 0.15) is 11.3 Å². The fourth-order valence-electron chi connectivity index (χ4n) is 2.67. The molecule has 1 N–H and O–H groups in total. The number of nitrogens with zero attached hydrogens (tertiary/aromatic N) is 3. The van der Waals surface area contributed by atoms with Crippen LogP contribution in [0.2, 0.25) is 0 Å². The van der Waals surface area contributed by atoms with Gasteiger partial charge in [0.15, 0.2) is 5.65 Å². The zero-order chi connectivity index (χ0) is 17.1. The molecular formula is C18H20N4O2. The Kier molecular flexibility index (Phi) is 4.57. The Bertz CT molecular complexity index is 886. The molecule has 0 fully saturated rings. The van der Waals surface area contributed by atoms with Gasteiger partial charge in [-0.1, -0.05) is 6.07 Å². The molecule has 6 heteroatoms. The van der Waals surface area contributed by atoms with Crippen LogP contribution in [0.25, 0.3) is 16.9 Å². The lowest BCUT2D eigenvalue weighted by molar-refractivity contribution is 0.0937. The van der Waals surface area contributed by atoms with Crippen LogP contribution in [0.15, 0.2) is 36.5 Å². The molecular weight excluding hydrogens is 304 g/mol. The standard InChI is InChI=1S/C18H20N4O2/c1-12-6-7-14(18(23)20-9-10-24-3)11-16(12)22-13(2)21-15-5-4-8-19-17(15)22/h4-8,11H,9-10H2,1-3H3,(H,20,23).